The molecule has 0 atom stereocenters. The van der Waals surface area contributed by atoms with Gasteiger partial charge in [-0.3, -0.25) is 23.7 Å². The maximum Gasteiger partial charge on any atom is 0.330 e. The molecule has 9 heteroatoms. The molecule has 8 nitrogen and oxygen atoms in total. The summed E-state index contributed by atoms with van der Waals surface area (Å²) >= 11 is 1.23. The Morgan fingerprint density at radius 3 is 2.59 bits per heavy atom. The normalized spacial score (nSPS) is 13.5. The first-order chi connectivity index (χ1) is 15.4. The molecule has 0 aliphatic heterocycles. The van der Waals surface area contributed by atoms with Crippen molar-refractivity contribution in [1.29, 1.82) is 0 Å². The molecular formula is C23H21N5O3S. The van der Waals surface area contributed by atoms with E-state index < -0.39 is 17.0 Å². The van der Waals surface area contributed by atoms with Crippen LogP contribution in [0.1, 0.15) is 34.8 Å². The summed E-state index contributed by atoms with van der Waals surface area (Å²) < 4.78 is 3.31. The Labute approximate surface area is 187 Å². The van der Waals surface area contributed by atoms with Crippen LogP contribution in [0.2, 0.25) is 0 Å². The van der Waals surface area contributed by atoms with Crippen LogP contribution in [0.5, 0.6) is 0 Å². The summed E-state index contributed by atoms with van der Waals surface area (Å²) in [4.78, 5) is 44.4. The standard InChI is InChI=1S/C23H21N5O3S/c1-13-6-8-14(9-7-13)27-17-5-3-2-4-16(17)25-23(27)32-12-18(29)19-20(24)28(15-10-11-15)22(31)26-21(19)30/h2-9,15H,10-12,24H2,1H3,(H,26,30,31). The number of nitrogen functional groups attached to an aromatic ring is 1. The van der Waals surface area contributed by atoms with E-state index in [1.165, 1.54) is 16.3 Å². The molecule has 1 saturated carbocycles. The van der Waals surface area contributed by atoms with Gasteiger partial charge in [0.25, 0.3) is 5.56 Å². The number of ketones is 1. The summed E-state index contributed by atoms with van der Waals surface area (Å²) in [6, 6.07) is 15.7. The van der Waals surface area contributed by atoms with Crippen LogP contribution < -0.4 is 17.0 Å². The summed E-state index contributed by atoms with van der Waals surface area (Å²) in [5.41, 5.74) is 8.40. The molecule has 5 rings (SSSR count). The average molecular weight is 448 g/mol. The lowest BCUT2D eigenvalue weighted by molar-refractivity contribution is 0.102. The van der Waals surface area contributed by atoms with E-state index in [1.54, 1.807) is 0 Å². The number of nitrogens with two attached hydrogens (primary N) is 1. The average Bonchev–Trinajstić information content (AvgIpc) is 3.52. The van der Waals surface area contributed by atoms with Crippen molar-refractivity contribution < 1.29 is 4.79 Å². The second kappa shape index (κ2) is 7.83. The molecule has 0 bridgehead atoms. The summed E-state index contributed by atoms with van der Waals surface area (Å²) in [5.74, 6) is -0.532. The number of hydrogen-bond donors (Lipinski definition) is 2. The highest BCUT2D eigenvalue weighted by atomic mass is 32.2. The van der Waals surface area contributed by atoms with Gasteiger partial charge in [-0.15, -0.1) is 0 Å². The predicted octanol–water partition coefficient (Wildman–Crippen LogP) is 3.08. The van der Waals surface area contributed by atoms with Crippen molar-refractivity contribution in [1.82, 2.24) is 19.1 Å². The van der Waals surface area contributed by atoms with E-state index >= 15 is 0 Å². The van der Waals surface area contributed by atoms with Gasteiger partial charge in [0.05, 0.1) is 16.8 Å². The Morgan fingerprint density at radius 2 is 1.88 bits per heavy atom. The minimum atomic E-state index is -0.748. The van der Waals surface area contributed by atoms with Gasteiger partial charge in [-0.2, -0.15) is 0 Å². The van der Waals surface area contributed by atoms with Crippen molar-refractivity contribution in [2.24, 2.45) is 0 Å². The number of benzene rings is 2. The van der Waals surface area contributed by atoms with Gasteiger partial charge in [-0.1, -0.05) is 41.6 Å². The number of para-hydroxylation sites is 2. The third kappa shape index (κ3) is 3.54. The molecule has 1 fully saturated rings. The molecule has 0 radical (unpaired) electrons. The number of aromatic nitrogens is 4. The van der Waals surface area contributed by atoms with Gasteiger partial charge >= 0.3 is 5.69 Å². The molecule has 2 aromatic carbocycles. The van der Waals surface area contributed by atoms with Crippen molar-refractivity contribution >= 4 is 34.4 Å². The zero-order valence-corrected chi connectivity index (χ0v) is 18.2. The number of fused-ring (bicyclic) bond motifs is 1. The van der Waals surface area contributed by atoms with Crippen molar-refractivity contribution in [3.05, 3.63) is 80.5 Å². The largest absolute Gasteiger partial charge is 0.384 e. The number of imidazole rings is 1. The maximum atomic E-state index is 13.0. The number of nitrogens with zero attached hydrogens (tertiary/aromatic N) is 3. The fraction of sp³-hybridized carbons (Fsp3) is 0.217. The van der Waals surface area contributed by atoms with Crippen molar-refractivity contribution in [2.75, 3.05) is 11.5 Å². The Kier molecular flexibility index (Phi) is 4.97. The smallest absolute Gasteiger partial charge is 0.330 e. The lowest BCUT2D eigenvalue weighted by Crippen LogP contribution is -2.36. The SMILES string of the molecule is Cc1ccc(-n2c(SCC(=O)c3c(N)n(C4CC4)c(=O)[nH]c3=O)nc3ccccc32)cc1. The molecule has 32 heavy (non-hydrogen) atoms. The molecule has 162 valence electrons. The first-order valence-electron chi connectivity index (χ1n) is 10.3. The van der Waals surface area contributed by atoms with Gasteiger partial charge in [0.15, 0.2) is 10.9 Å². The Balaban J connectivity index is 1.50. The van der Waals surface area contributed by atoms with Crippen molar-refractivity contribution in [3.8, 4) is 5.69 Å². The highest BCUT2D eigenvalue weighted by Gasteiger charge is 2.30. The van der Waals surface area contributed by atoms with Gasteiger partial charge < -0.3 is 5.73 Å². The minimum absolute atomic E-state index is 0.0364. The molecule has 3 N–H and O–H groups in total. The summed E-state index contributed by atoms with van der Waals surface area (Å²) in [7, 11) is 0. The highest BCUT2D eigenvalue weighted by molar-refractivity contribution is 7.99. The topological polar surface area (TPSA) is 116 Å². The van der Waals surface area contributed by atoms with Crippen molar-refractivity contribution in [3.63, 3.8) is 0 Å². The Hall–Kier alpha value is -3.59. The van der Waals surface area contributed by atoms with Crippen LogP contribution >= 0.6 is 11.8 Å². The highest BCUT2D eigenvalue weighted by Crippen LogP contribution is 2.35. The van der Waals surface area contributed by atoms with Crippen LogP contribution in [-0.2, 0) is 0 Å². The Morgan fingerprint density at radius 1 is 1.16 bits per heavy atom. The summed E-state index contributed by atoms with van der Waals surface area (Å²) in [5, 5.41) is 0.633. The van der Waals surface area contributed by atoms with Crippen LogP contribution in [0, 0.1) is 6.92 Å². The monoisotopic (exact) mass is 447 g/mol. The molecule has 1 aliphatic rings. The van der Waals surface area contributed by atoms with Gasteiger partial charge in [0.1, 0.15) is 11.4 Å². The van der Waals surface area contributed by atoms with Crippen LogP contribution in [0.4, 0.5) is 5.82 Å². The number of aryl methyl sites for hydroxylation is 1. The molecule has 4 aromatic rings. The van der Waals surface area contributed by atoms with E-state index in [1.807, 2.05) is 60.0 Å². The number of anilines is 1. The number of thioether (sulfide) groups is 1. The molecule has 0 unspecified atom stereocenters. The molecule has 1 aliphatic carbocycles. The molecule has 2 aromatic heterocycles. The number of rotatable bonds is 6. The number of carbonyl (C=O) groups excluding carboxylic acids is 1. The number of nitrogens with one attached hydrogen (secondary N) is 1. The molecular weight excluding hydrogens is 426 g/mol. The van der Waals surface area contributed by atoms with Gasteiger partial charge in [-0.05, 0) is 44.0 Å². The number of aromatic amines is 1. The number of carbonyl (C=O) groups is 1. The zero-order chi connectivity index (χ0) is 22.4. The predicted molar refractivity (Wildman–Crippen MR) is 125 cm³/mol. The van der Waals surface area contributed by atoms with Crippen molar-refractivity contribution in [2.45, 2.75) is 31.0 Å². The number of H-pyrrole nitrogens is 1. The van der Waals surface area contributed by atoms with E-state index in [9.17, 15) is 14.4 Å². The third-order valence-corrected chi connectivity index (χ3v) is 6.47. The quantitative estimate of drug-likeness (QED) is 0.347. The number of hydrogen-bond acceptors (Lipinski definition) is 6. The molecule has 0 amide bonds. The van der Waals surface area contributed by atoms with E-state index in [0.717, 1.165) is 35.1 Å². The number of Topliss-reactive ketones (excluding diaryl/α,β-unsaturated/α-hetero) is 1. The van der Waals surface area contributed by atoms with E-state index in [4.69, 9.17) is 10.7 Å². The second-order valence-corrected chi connectivity index (χ2v) is 8.83. The third-order valence-electron chi connectivity index (χ3n) is 5.53. The van der Waals surface area contributed by atoms with Crippen LogP contribution in [0.15, 0.2) is 63.3 Å². The molecule has 0 spiro atoms. The fourth-order valence-corrected chi connectivity index (χ4v) is 4.68. The van der Waals surface area contributed by atoms with Gasteiger partial charge in [0.2, 0.25) is 0 Å². The second-order valence-electron chi connectivity index (χ2n) is 7.89. The van der Waals surface area contributed by atoms with Crippen LogP contribution in [0.25, 0.3) is 16.7 Å². The molecule has 2 heterocycles. The fourth-order valence-electron chi connectivity index (χ4n) is 3.78. The first-order valence-corrected chi connectivity index (χ1v) is 11.3. The minimum Gasteiger partial charge on any atom is -0.384 e. The van der Waals surface area contributed by atoms with Gasteiger partial charge in [0, 0.05) is 11.7 Å². The molecule has 0 saturated heterocycles. The van der Waals surface area contributed by atoms with E-state index in [-0.39, 0.29) is 23.2 Å². The zero-order valence-electron chi connectivity index (χ0n) is 17.4. The first kappa shape index (κ1) is 20.3. The summed E-state index contributed by atoms with van der Waals surface area (Å²) in [6.45, 7) is 2.02. The van der Waals surface area contributed by atoms with Crippen LogP contribution in [0.3, 0.4) is 0 Å². The van der Waals surface area contributed by atoms with E-state index in [2.05, 4.69) is 4.98 Å². The maximum absolute atomic E-state index is 13.0. The van der Waals surface area contributed by atoms with Crippen LogP contribution in [-0.4, -0.2) is 30.6 Å². The lowest BCUT2D eigenvalue weighted by Gasteiger charge is -2.12. The van der Waals surface area contributed by atoms with Gasteiger partial charge in [-0.25, -0.2) is 9.78 Å². The Bertz CT molecular complexity index is 1460. The van der Waals surface area contributed by atoms with E-state index in [0.29, 0.717) is 5.16 Å². The summed E-state index contributed by atoms with van der Waals surface area (Å²) in [6.07, 6.45) is 1.61. The lowest BCUT2D eigenvalue weighted by atomic mass is 10.2.